The van der Waals surface area contributed by atoms with E-state index in [-0.39, 0.29) is 17.5 Å². The SMILES string of the molecule is COc1cccc(C(=O)CSc2nnc(N/N=C(\C)c3ccc(Br)cc3)n2N)c1. The molecule has 8 nitrogen and oxygen atoms in total. The first kappa shape index (κ1) is 20.9. The van der Waals surface area contributed by atoms with Crippen LogP contribution in [-0.2, 0) is 0 Å². The second kappa shape index (κ2) is 9.57. The van der Waals surface area contributed by atoms with Gasteiger partial charge in [0, 0.05) is 10.0 Å². The van der Waals surface area contributed by atoms with Gasteiger partial charge in [0.05, 0.1) is 18.6 Å². The molecular weight excluding hydrogens is 456 g/mol. The highest BCUT2D eigenvalue weighted by Gasteiger charge is 2.13. The normalized spacial score (nSPS) is 11.3. The summed E-state index contributed by atoms with van der Waals surface area (Å²) in [4.78, 5) is 12.4. The molecule has 0 aliphatic heterocycles. The van der Waals surface area contributed by atoms with Crippen LogP contribution in [0, 0.1) is 0 Å². The van der Waals surface area contributed by atoms with Gasteiger partial charge < -0.3 is 10.6 Å². The molecule has 0 unspecified atom stereocenters. The van der Waals surface area contributed by atoms with Crippen LogP contribution in [0.3, 0.4) is 0 Å². The number of carbonyl (C=O) groups excluding carboxylic acids is 1. The van der Waals surface area contributed by atoms with E-state index < -0.39 is 0 Å². The number of thioether (sulfide) groups is 1. The number of anilines is 1. The van der Waals surface area contributed by atoms with Gasteiger partial charge in [0.2, 0.25) is 5.16 Å². The number of Topliss-reactive ketones (excluding diaryl/α,β-unsaturated/α-hetero) is 1. The summed E-state index contributed by atoms with van der Waals surface area (Å²) in [6.07, 6.45) is 0. The third-order valence-electron chi connectivity index (χ3n) is 3.97. The van der Waals surface area contributed by atoms with E-state index in [1.807, 2.05) is 31.2 Å². The molecule has 3 rings (SSSR count). The van der Waals surface area contributed by atoms with E-state index in [0.29, 0.717) is 16.5 Å². The number of nitrogens with zero attached hydrogens (tertiary/aromatic N) is 4. The summed E-state index contributed by atoms with van der Waals surface area (Å²) in [6.45, 7) is 1.87. The summed E-state index contributed by atoms with van der Waals surface area (Å²) in [5.41, 5.74) is 5.10. The molecule has 0 amide bonds. The molecule has 0 aliphatic carbocycles. The first-order valence-electron chi connectivity index (χ1n) is 8.54. The van der Waals surface area contributed by atoms with Crippen molar-refractivity contribution in [2.24, 2.45) is 5.10 Å². The smallest absolute Gasteiger partial charge is 0.264 e. The number of ether oxygens (including phenoxy) is 1. The quantitative estimate of drug-likeness (QED) is 0.169. The average molecular weight is 475 g/mol. The van der Waals surface area contributed by atoms with E-state index in [4.69, 9.17) is 10.6 Å². The Morgan fingerprint density at radius 1 is 1.24 bits per heavy atom. The predicted molar refractivity (Wildman–Crippen MR) is 118 cm³/mol. The Kier molecular flexibility index (Phi) is 6.89. The fourth-order valence-electron chi connectivity index (χ4n) is 2.35. The minimum atomic E-state index is -0.0597. The number of methoxy groups -OCH3 is 1. The number of halogens is 1. The number of hydrazone groups is 1. The molecule has 0 atom stereocenters. The Labute approximate surface area is 180 Å². The number of rotatable bonds is 8. The van der Waals surface area contributed by atoms with Crippen LogP contribution in [0.25, 0.3) is 0 Å². The van der Waals surface area contributed by atoms with E-state index >= 15 is 0 Å². The number of benzene rings is 2. The summed E-state index contributed by atoms with van der Waals surface area (Å²) in [5, 5.41) is 12.7. The van der Waals surface area contributed by atoms with Crippen molar-refractivity contribution in [2.45, 2.75) is 12.1 Å². The van der Waals surface area contributed by atoms with E-state index in [9.17, 15) is 4.79 Å². The fourth-order valence-corrected chi connectivity index (χ4v) is 3.37. The minimum Gasteiger partial charge on any atom is -0.497 e. The number of aromatic nitrogens is 3. The highest BCUT2D eigenvalue weighted by atomic mass is 79.9. The van der Waals surface area contributed by atoms with Gasteiger partial charge in [-0.3, -0.25) is 4.79 Å². The van der Waals surface area contributed by atoms with Crippen LogP contribution in [0.1, 0.15) is 22.8 Å². The molecule has 0 saturated carbocycles. The Balaban J connectivity index is 1.62. The monoisotopic (exact) mass is 474 g/mol. The van der Waals surface area contributed by atoms with Crippen molar-refractivity contribution < 1.29 is 9.53 Å². The van der Waals surface area contributed by atoms with Crippen molar-refractivity contribution in [3.63, 3.8) is 0 Å². The lowest BCUT2D eigenvalue weighted by atomic mass is 10.1. The second-order valence-corrected chi connectivity index (χ2v) is 7.79. The van der Waals surface area contributed by atoms with Gasteiger partial charge in [0.25, 0.3) is 5.95 Å². The number of hydrogen-bond acceptors (Lipinski definition) is 8. The van der Waals surface area contributed by atoms with Crippen LogP contribution >= 0.6 is 27.7 Å². The summed E-state index contributed by atoms with van der Waals surface area (Å²) in [7, 11) is 1.56. The third-order valence-corrected chi connectivity index (χ3v) is 5.45. The number of ketones is 1. The Hall–Kier alpha value is -2.85. The van der Waals surface area contributed by atoms with E-state index in [0.717, 1.165) is 15.7 Å². The molecule has 29 heavy (non-hydrogen) atoms. The van der Waals surface area contributed by atoms with Gasteiger partial charge in [-0.1, -0.05) is 52.0 Å². The zero-order valence-corrected chi connectivity index (χ0v) is 18.2. The van der Waals surface area contributed by atoms with Crippen molar-refractivity contribution >= 4 is 45.1 Å². The van der Waals surface area contributed by atoms with Crippen LogP contribution in [0.4, 0.5) is 5.95 Å². The van der Waals surface area contributed by atoms with Crippen LogP contribution in [0.5, 0.6) is 5.75 Å². The first-order valence-corrected chi connectivity index (χ1v) is 10.3. The standard InChI is InChI=1S/C19H19BrN6O2S/c1-12(13-6-8-15(20)9-7-13)22-23-18-24-25-19(26(18)21)29-11-17(27)14-4-3-5-16(10-14)28-2/h3-10H,11,21H2,1-2H3,(H,23,24)/b22-12+. The molecule has 150 valence electrons. The van der Waals surface area contributed by atoms with Crippen molar-refractivity contribution in [3.8, 4) is 5.75 Å². The number of nitrogens with one attached hydrogen (secondary N) is 1. The molecule has 0 saturated heterocycles. The molecule has 1 heterocycles. The first-order chi connectivity index (χ1) is 14.0. The van der Waals surface area contributed by atoms with Crippen molar-refractivity contribution in [2.75, 3.05) is 24.1 Å². The summed E-state index contributed by atoms with van der Waals surface area (Å²) < 4.78 is 7.41. The van der Waals surface area contributed by atoms with Gasteiger partial charge in [-0.25, -0.2) is 10.1 Å². The molecule has 0 radical (unpaired) electrons. The zero-order chi connectivity index (χ0) is 20.8. The zero-order valence-electron chi connectivity index (χ0n) is 15.8. The Morgan fingerprint density at radius 3 is 2.72 bits per heavy atom. The molecular formula is C19H19BrN6O2S. The fraction of sp³-hybridized carbons (Fsp3) is 0.158. The van der Waals surface area contributed by atoms with Crippen molar-refractivity contribution in [1.82, 2.24) is 14.9 Å². The topological polar surface area (TPSA) is 107 Å². The summed E-state index contributed by atoms with van der Waals surface area (Å²) in [6, 6.07) is 14.8. The van der Waals surface area contributed by atoms with Crippen LogP contribution in [0.2, 0.25) is 0 Å². The molecule has 0 bridgehead atoms. The van der Waals surface area contributed by atoms with Gasteiger partial charge in [0.1, 0.15) is 5.75 Å². The Bertz CT molecular complexity index is 1040. The molecule has 1 aromatic heterocycles. The third kappa shape index (κ3) is 5.36. The van der Waals surface area contributed by atoms with Crippen molar-refractivity contribution in [3.05, 3.63) is 64.1 Å². The predicted octanol–water partition coefficient (Wildman–Crippen LogP) is 3.57. The van der Waals surface area contributed by atoms with E-state index in [2.05, 4.69) is 36.7 Å². The maximum absolute atomic E-state index is 12.4. The van der Waals surface area contributed by atoms with E-state index in [1.54, 1.807) is 31.4 Å². The summed E-state index contributed by atoms with van der Waals surface area (Å²) in [5.74, 6) is 7.04. The van der Waals surface area contributed by atoms with Crippen LogP contribution in [-0.4, -0.2) is 39.2 Å². The van der Waals surface area contributed by atoms with Gasteiger partial charge >= 0.3 is 0 Å². The molecule has 0 aliphatic rings. The maximum atomic E-state index is 12.4. The minimum absolute atomic E-state index is 0.0597. The highest BCUT2D eigenvalue weighted by Crippen LogP contribution is 2.20. The van der Waals surface area contributed by atoms with Crippen LogP contribution in [0.15, 0.2) is 63.3 Å². The van der Waals surface area contributed by atoms with Gasteiger partial charge in [-0.15, -0.1) is 10.2 Å². The lowest BCUT2D eigenvalue weighted by Gasteiger charge is -2.05. The van der Waals surface area contributed by atoms with Gasteiger partial charge in [0.15, 0.2) is 5.78 Å². The molecule has 2 aromatic carbocycles. The highest BCUT2D eigenvalue weighted by molar-refractivity contribution is 9.10. The largest absolute Gasteiger partial charge is 0.497 e. The molecule has 3 N–H and O–H groups in total. The van der Waals surface area contributed by atoms with Crippen molar-refractivity contribution in [1.29, 1.82) is 0 Å². The second-order valence-electron chi connectivity index (χ2n) is 5.94. The van der Waals surface area contributed by atoms with E-state index in [1.165, 1.54) is 16.4 Å². The van der Waals surface area contributed by atoms with Gasteiger partial charge in [-0.05, 0) is 36.8 Å². The number of carbonyl (C=O) groups is 1. The molecule has 10 heteroatoms. The maximum Gasteiger partial charge on any atom is 0.264 e. The Morgan fingerprint density at radius 2 is 2.00 bits per heavy atom. The summed E-state index contributed by atoms with van der Waals surface area (Å²) >= 11 is 4.60. The number of hydrogen-bond donors (Lipinski definition) is 2. The molecule has 0 fully saturated rings. The number of nitrogen functional groups attached to an aromatic ring is 1. The number of nitrogens with two attached hydrogens (primary N) is 1. The molecule has 0 spiro atoms. The lowest BCUT2D eigenvalue weighted by Crippen LogP contribution is -2.14. The molecule has 3 aromatic rings. The lowest BCUT2D eigenvalue weighted by molar-refractivity contribution is 0.102. The van der Waals surface area contributed by atoms with Crippen LogP contribution < -0.4 is 16.0 Å². The average Bonchev–Trinajstić information content (AvgIpc) is 3.10. The van der Waals surface area contributed by atoms with Gasteiger partial charge in [-0.2, -0.15) is 5.10 Å².